The number of aliphatic hydroxyl groups excluding tert-OH is 1. The summed E-state index contributed by atoms with van der Waals surface area (Å²) in [6.07, 6.45) is 5.44. The van der Waals surface area contributed by atoms with E-state index in [9.17, 15) is 9.59 Å². The fourth-order valence-corrected chi connectivity index (χ4v) is 2.60. The number of primary amides is 1. The van der Waals surface area contributed by atoms with Crippen molar-refractivity contribution in [2.75, 3.05) is 25.1 Å². The Morgan fingerprint density at radius 1 is 1.30 bits per heavy atom. The van der Waals surface area contributed by atoms with Crippen LogP contribution in [-0.4, -0.2) is 41.2 Å². The van der Waals surface area contributed by atoms with Crippen LogP contribution < -0.4 is 21.1 Å². The van der Waals surface area contributed by atoms with Gasteiger partial charge in [0.1, 0.15) is 10.6 Å². The van der Waals surface area contributed by atoms with Crippen LogP contribution in [-0.2, 0) is 0 Å². The van der Waals surface area contributed by atoms with Crippen LogP contribution in [0.15, 0.2) is 0 Å². The number of nitrogens with zero attached hydrogens (tertiary/aromatic N) is 1. The predicted octanol–water partition coefficient (Wildman–Crippen LogP) is 1.70. The van der Waals surface area contributed by atoms with E-state index >= 15 is 0 Å². The number of amides is 3. The molecule has 130 valence electrons. The van der Waals surface area contributed by atoms with Crippen LogP contribution in [0.25, 0.3) is 0 Å². The third kappa shape index (κ3) is 6.83. The Bertz CT molecular complexity index is 507. The third-order valence-electron chi connectivity index (χ3n) is 3.02. The number of anilines is 1. The molecule has 0 aliphatic rings. The largest absolute Gasteiger partial charge is 0.476 e. The van der Waals surface area contributed by atoms with E-state index in [4.69, 9.17) is 15.6 Å². The summed E-state index contributed by atoms with van der Waals surface area (Å²) in [7, 11) is 0. The Kier molecular flexibility index (Phi) is 9.00. The number of hydrogen-bond acceptors (Lipinski definition) is 6. The summed E-state index contributed by atoms with van der Waals surface area (Å²) in [5.74, 6) is -0.562. The van der Waals surface area contributed by atoms with Gasteiger partial charge in [-0.15, -0.1) is 0 Å². The molecular weight excluding hydrogens is 320 g/mol. The van der Waals surface area contributed by atoms with Crippen LogP contribution in [0.3, 0.4) is 0 Å². The Morgan fingerprint density at radius 2 is 2.04 bits per heavy atom. The van der Waals surface area contributed by atoms with E-state index in [-0.39, 0.29) is 29.6 Å². The summed E-state index contributed by atoms with van der Waals surface area (Å²) < 4.78 is 9.54. The molecule has 0 saturated heterocycles. The highest BCUT2D eigenvalue weighted by molar-refractivity contribution is 7.11. The second-order valence-electron chi connectivity index (χ2n) is 4.92. The number of nitrogens with two attached hydrogens (primary N) is 1. The van der Waals surface area contributed by atoms with Crippen LogP contribution >= 0.6 is 11.5 Å². The van der Waals surface area contributed by atoms with Crippen molar-refractivity contribution in [2.45, 2.75) is 39.0 Å². The third-order valence-corrected chi connectivity index (χ3v) is 3.76. The minimum atomic E-state index is -0.711. The van der Waals surface area contributed by atoms with E-state index in [1.807, 2.05) is 0 Å². The number of hydrogen-bond donors (Lipinski definition) is 4. The highest BCUT2D eigenvalue weighted by atomic mass is 32.1. The van der Waals surface area contributed by atoms with Gasteiger partial charge >= 0.3 is 6.03 Å². The molecule has 0 aliphatic heterocycles. The lowest BCUT2D eigenvalue weighted by Gasteiger charge is -2.07. The van der Waals surface area contributed by atoms with Crippen molar-refractivity contribution in [1.29, 1.82) is 0 Å². The fraction of sp³-hybridized carbons (Fsp3) is 0.643. The van der Waals surface area contributed by atoms with Crippen molar-refractivity contribution in [3.05, 3.63) is 5.56 Å². The van der Waals surface area contributed by atoms with Crippen molar-refractivity contribution in [1.82, 2.24) is 9.69 Å². The van der Waals surface area contributed by atoms with Gasteiger partial charge in [0.05, 0.1) is 13.2 Å². The first kappa shape index (κ1) is 19.2. The van der Waals surface area contributed by atoms with E-state index in [0.717, 1.165) is 30.8 Å². The summed E-state index contributed by atoms with van der Waals surface area (Å²) in [6.45, 7) is 2.53. The lowest BCUT2D eigenvalue weighted by Crippen LogP contribution is -2.31. The molecule has 0 atom stereocenters. The molecule has 1 rings (SSSR count). The summed E-state index contributed by atoms with van der Waals surface area (Å²) >= 11 is 0.928. The molecule has 0 aromatic carbocycles. The number of carbonyl (C=O) groups is 2. The van der Waals surface area contributed by atoms with Crippen molar-refractivity contribution in [3.63, 3.8) is 0 Å². The number of nitrogens with one attached hydrogen (secondary N) is 2. The maximum Gasteiger partial charge on any atom is 0.319 e. The van der Waals surface area contributed by atoms with E-state index in [1.165, 1.54) is 12.8 Å². The second kappa shape index (κ2) is 10.8. The van der Waals surface area contributed by atoms with E-state index < -0.39 is 11.9 Å². The number of rotatable bonds is 11. The maximum atomic E-state index is 11.6. The van der Waals surface area contributed by atoms with Crippen molar-refractivity contribution >= 4 is 28.5 Å². The average Bonchev–Trinajstić information content (AvgIpc) is 2.91. The van der Waals surface area contributed by atoms with Gasteiger partial charge in [0.15, 0.2) is 0 Å². The monoisotopic (exact) mass is 344 g/mol. The van der Waals surface area contributed by atoms with Crippen LogP contribution in [0.5, 0.6) is 5.88 Å². The Hall–Kier alpha value is -1.87. The number of aliphatic hydroxyl groups is 1. The molecule has 3 amide bonds. The Morgan fingerprint density at radius 3 is 2.70 bits per heavy atom. The normalized spacial score (nSPS) is 10.3. The molecule has 1 aromatic rings. The molecule has 8 nitrogen and oxygen atoms in total. The van der Waals surface area contributed by atoms with Gasteiger partial charge in [-0.25, -0.2) is 4.79 Å². The number of unbranched alkanes of at least 4 members (excludes halogenated alkanes) is 4. The van der Waals surface area contributed by atoms with Gasteiger partial charge < -0.3 is 20.9 Å². The second-order valence-corrected chi connectivity index (χ2v) is 5.70. The van der Waals surface area contributed by atoms with Gasteiger partial charge in [0.25, 0.3) is 5.91 Å². The zero-order valence-corrected chi connectivity index (χ0v) is 14.1. The zero-order valence-electron chi connectivity index (χ0n) is 13.3. The number of aromatic nitrogens is 1. The predicted molar refractivity (Wildman–Crippen MR) is 89.0 cm³/mol. The Balaban J connectivity index is 2.56. The molecular formula is C14H24N4O4S. The van der Waals surface area contributed by atoms with Crippen molar-refractivity contribution in [3.8, 4) is 5.88 Å². The molecule has 1 heterocycles. The number of ether oxygens (including phenoxy) is 1. The number of carbonyl (C=O) groups excluding carboxylic acids is 2. The minimum absolute atomic E-state index is 0.0720. The highest BCUT2D eigenvalue weighted by Crippen LogP contribution is 2.30. The summed E-state index contributed by atoms with van der Waals surface area (Å²) in [5.41, 5.74) is 5.41. The number of urea groups is 1. The van der Waals surface area contributed by atoms with E-state index in [1.54, 1.807) is 0 Å². The van der Waals surface area contributed by atoms with Gasteiger partial charge in [0.2, 0.25) is 5.88 Å². The van der Waals surface area contributed by atoms with Crippen molar-refractivity contribution in [2.24, 2.45) is 5.73 Å². The molecule has 0 aliphatic carbocycles. The molecule has 0 radical (unpaired) electrons. The lowest BCUT2D eigenvalue weighted by atomic mass is 10.2. The molecule has 9 heteroatoms. The lowest BCUT2D eigenvalue weighted by molar-refractivity contribution is 0.0997. The van der Waals surface area contributed by atoms with E-state index in [0.29, 0.717) is 6.61 Å². The van der Waals surface area contributed by atoms with Crippen molar-refractivity contribution < 1.29 is 19.4 Å². The quantitative estimate of drug-likeness (QED) is 0.455. The summed E-state index contributed by atoms with van der Waals surface area (Å²) in [6, 6.07) is -0.545. The first-order chi connectivity index (χ1) is 11.1. The van der Waals surface area contributed by atoms with Gasteiger partial charge in [0, 0.05) is 6.54 Å². The van der Waals surface area contributed by atoms with Gasteiger partial charge in [-0.3, -0.25) is 10.1 Å². The average molecular weight is 344 g/mol. The van der Waals surface area contributed by atoms with E-state index in [2.05, 4.69) is 21.9 Å². The molecule has 1 aromatic heterocycles. The summed E-state index contributed by atoms with van der Waals surface area (Å²) in [4.78, 5) is 23.1. The van der Waals surface area contributed by atoms with Crippen LogP contribution in [0.2, 0.25) is 0 Å². The van der Waals surface area contributed by atoms with Gasteiger partial charge in [-0.2, -0.15) is 4.37 Å². The summed E-state index contributed by atoms with van der Waals surface area (Å²) in [5, 5.41) is 13.8. The van der Waals surface area contributed by atoms with Gasteiger partial charge in [-0.05, 0) is 18.0 Å². The Labute approximate surface area is 139 Å². The standard InChI is InChI=1S/C14H24N4O4S/c1-2-3-4-5-6-9-22-12-10(11(15)20)13(23-18-12)17-14(21)16-7-8-19/h19H,2-9H2,1H3,(H2,15,20)(H2,16,17,21). The first-order valence-electron chi connectivity index (χ1n) is 7.68. The van der Waals surface area contributed by atoms with Crippen LogP contribution in [0.4, 0.5) is 9.80 Å². The van der Waals surface area contributed by atoms with Crippen LogP contribution in [0, 0.1) is 0 Å². The molecule has 0 bridgehead atoms. The topological polar surface area (TPSA) is 127 Å². The highest BCUT2D eigenvalue weighted by Gasteiger charge is 2.21. The molecule has 0 saturated carbocycles. The fourth-order valence-electron chi connectivity index (χ4n) is 1.87. The molecule has 5 N–H and O–H groups in total. The zero-order chi connectivity index (χ0) is 17.1. The smallest absolute Gasteiger partial charge is 0.319 e. The molecule has 0 fully saturated rings. The SMILES string of the molecule is CCCCCCCOc1nsc(NC(=O)NCCO)c1C(N)=O. The maximum absolute atomic E-state index is 11.6. The van der Waals surface area contributed by atoms with Crippen LogP contribution in [0.1, 0.15) is 49.4 Å². The molecule has 0 spiro atoms. The van der Waals surface area contributed by atoms with Gasteiger partial charge in [-0.1, -0.05) is 32.6 Å². The molecule has 0 unspecified atom stereocenters. The minimum Gasteiger partial charge on any atom is -0.476 e. The molecule has 23 heavy (non-hydrogen) atoms. The first-order valence-corrected chi connectivity index (χ1v) is 8.45.